The van der Waals surface area contributed by atoms with Gasteiger partial charge in [-0.1, -0.05) is 46.0 Å². The molecule has 1 aliphatic rings. The zero-order valence-corrected chi connectivity index (χ0v) is 18.2. The number of benzene rings is 2. The number of esters is 1. The van der Waals surface area contributed by atoms with Gasteiger partial charge in [-0.3, -0.25) is 0 Å². The van der Waals surface area contributed by atoms with E-state index in [0.717, 1.165) is 22.4 Å². The summed E-state index contributed by atoms with van der Waals surface area (Å²) in [5, 5.41) is 5.27. The topological polar surface area (TPSA) is 47.9 Å². The smallest absolute Gasteiger partial charge is 0.338 e. The van der Waals surface area contributed by atoms with Crippen LogP contribution in [0.3, 0.4) is 0 Å². The molecule has 28 heavy (non-hydrogen) atoms. The van der Waals surface area contributed by atoms with Crippen LogP contribution in [0.15, 0.2) is 35.5 Å². The largest absolute Gasteiger partial charge is 0.456 e. The average molecular weight is 441 g/mol. The molecule has 2 aromatic carbocycles. The molecule has 148 valence electrons. The first-order valence-corrected chi connectivity index (χ1v) is 9.90. The third-order valence-electron chi connectivity index (χ3n) is 4.23. The maximum absolute atomic E-state index is 12.3. The van der Waals surface area contributed by atoms with Gasteiger partial charge in [0.1, 0.15) is 5.60 Å². The van der Waals surface area contributed by atoms with Crippen LogP contribution < -0.4 is 0 Å². The van der Waals surface area contributed by atoms with Crippen molar-refractivity contribution in [2.24, 2.45) is 5.16 Å². The van der Waals surface area contributed by atoms with Gasteiger partial charge in [-0.25, -0.2) is 4.79 Å². The lowest BCUT2D eigenvalue weighted by Crippen LogP contribution is -2.24. The normalized spacial score (nSPS) is 16.5. The van der Waals surface area contributed by atoms with Gasteiger partial charge in [0.2, 0.25) is 0 Å². The van der Waals surface area contributed by atoms with E-state index in [1.165, 1.54) is 0 Å². The van der Waals surface area contributed by atoms with E-state index in [0.29, 0.717) is 27.1 Å². The van der Waals surface area contributed by atoms with Crippen LogP contribution in [0.2, 0.25) is 15.1 Å². The number of oxime groups is 1. The number of hydrogen-bond donors (Lipinski definition) is 0. The van der Waals surface area contributed by atoms with Gasteiger partial charge in [-0.05, 0) is 68.7 Å². The summed E-state index contributed by atoms with van der Waals surface area (Å²) in [6.45, 7) is 7.40. The second-order valence-electron chi connectivity index (χ2n) is 7.67. The molecule has 3 rings (SSSR count). The van der Waals surface area contributed by atoms with Crippen molar-refractivity contribution in [3.05, 3.63) is 67.7 Å². The average Bonchev–Trinajstić information content (AvgIpc) is 3.07. The molecule has 1 atom stereocenters. The molecule has 0 spiro atoms. The minimum Gasteiger partial charge on any atom is -0.456 e. The fraction of sp³-hybridized carbons (Fsp3) is 0.333. The highest BCUT2D eigenvalue weighted by Gasteiger charge is 2.26. The van der Waals surface area contributed by atoms with Crippen molar-refractivity contribution in [1.82, 2.24) is 0 Å². The number of halogens is 3. The number of carbonyl (C=O) groups excluding carboxylic acids is 1. The Morgan fingerprint density at radius 1 is 1.14 bits per heavy atom. The van der Waals surface area contributed by atoms with Crippen LogP contribution in [0.5, 0.6) is 0 Å². The Balaban J connectivity index is 1.77. The molecule has 7 heteroatoms. The molecular weight excluding hydrogens is 421 g/mol. The highest BCUT2D eigenvalue weighted by Crippen LogP contribution is 2.37. The van der Waals surface area contributed by atoms with Gasteiger partial charge >= 0.3 is 5.97 Å². The molecule has 1 heterocycles. The van der Waals surface area contributed by atoms with Crippen molar-refractivity contribution in [1.29, 1.82) is 0 Å². The van der Waals surface area contributed by atoms with Crippen LogP contribution in [0.1, 0.15) is 60.3 Å². The summed E-state index contributed by atoms with van der Waals surface area (Å²) in [6, 6.07) is 8.97. The Kier molecular flexibility index (Phi) is 5.95. The van der Waals surface area contributed by atoms with Crippen molar-refractivity contribution in [2.45, 2.75) is 45.8 Å². The summed E-state index contributed by atoms with van der Waals surface area (Å²) >= 11 is 18.2. The van der Waals surface area contributed by atoms with Crippen molar-refractivity contribution < 1.29 is 14.4 Å². The fourth-order valence-electron chi connectivity index (χ4n) is 2.89. The monoisotopic (exact) mass is 439 g/mol. The lowest BCUT2D eigenvalue weighted by atomic mass is 9.97. The predicted octanol–water partition coefficient (Wildman–Crippen LogP) is 6.78. The van der Waals surface area contributed by atoms with Gasteiger partial charge < -0.3 is 9.57 Å². The Morgan fingerprint density at radius 3 is 2.36 bits per heavy atom. The van der Waals surface area contributed by atoms with E-state index < -0.39 is 5.60 Å². The minimum atomic E-state index is -0.542. The molecule has 0 saturated carbocycles. The summed E-state index contributed by atoms with van der Waals surface area (Å²) < 4.78 is 5.45. The molecule has 0 bridgehead atoms. The van der Waals surface area contributed by atoms with E-state index in [2.05, 4.69) is 5.16 Å². The molecule has 1 aliphatic heterocycles. The van der Waals surface area contributed by atoms with Gasteiger partial charge in [0.25, 0.3) is 0 Å². The Bertz CT molecular complexity index is 941. The van der Waals surface area contributed by atoms with Crippen LogP contribution >= 0.6 is 34.8 Å². The SMILES string of the molecule is Cc1cc(C2=NOC(c3cc(Cl)c(Cl)c(Cl)c3)C2)ccc1C(=O)OC(C)(C)C. The van der Waals surface area contributed by atoms with Gasteiger partial charge in [0.05, 0.1) is 26.3 Å². The van der Waals surface area contributed by atoms with E-state index in [4.69, 9.17) is 44.4 Å². The number of hydrogen-bond acceptors (Lipinski definition) is 4. The Hall–Kier alpha value is -1.75. The van der Waals surface area contributed by atoms with Crippen molar-refractivity contribution in [2.75, 3.05) is 0 Å². The van der Waals surface area contributed by atoms with Crippen molar-refractivity contribution >= 4 is 46.5 Å². The number of rotatable bonds is 3. The summed E-state index contributed by atoms with van der Waals surface area (Å²) in [7, 11) is 0. The first-order chi connectivity index (χ1) is 13.0. The molecular formula is C21H20Cl3NO3. The van der Waals surface area contributed by atoms with Crippen molar-refractivity contribution in [3.63, 3.8) is 0 Å². The van der Waals surface area contributed by atoms with Gasteiger partial charge in [-0.2, -0.15) is 0 Å². The number of nitrogens with zero attached hydrogens (tertiary/aromatic N) is 1. The Labute approximate surface area is 179 Å². The fourth-order valence-corrected chi connectivity index (χ4v) is 3.51. The number of ether oxygens (including phenoxy) is 1. The molecule has 0 N–H and O–H groups in total. The zero-order chi connectivity index (χ0) is 20.6. The van der Waals surface area contributed by atoms with Gasteiger partial charge in [-0.15, -0.1) is 0 Å². The summed E-state index contributed by atoms with van der Waals surface area (Å²) in [5.74, 6) is -0.343. The number of carbonyl (C=O) groups is 1. The van der Waals surface area contributed by atoms with E-state index in [-0.39, 0.29) is 12.1 Å². The van der Waals surface area contributed by atoms with Crippen molar-refractivity contribution in [3.8, 4) is 0 Å². The summed E-state index contributed by atoms with van der Waals surface area (Å²) in [4.78, 5) is 17.9. The highest BCUT2D eigenvalue weighted by atomic mass is 35.5. The van der Waals surface area contributed by atoms with Gasteiger partial charge in [0.15, 0.2) is 6.10 Å². The molecule has 4 nitrogen and oxygen atoms in total. The maximum atomic E-state index is 12.3. The second kappa shape index (κ2) is 7.94. The number of aryl methyl sites for hydroxylation is 1. The third kappa shape index (κ3) is 4.62. The Morgan fingerprint density at radius 2 is 1.79 bits per heavy atom. The first kappa shape index (κ1) is 21.0. The van der Waals surface area contributed by atoms with E-state index in [1.54, 1.807) is 18.2 Å². The highest BCUT2D eigenvalue weighted by molar-refractivity contribution is 6.48. The van der Waals surface area contributed by atoms with E-state index in [1.807, 2.05) is 39.8 Å². The van der Waals surface area contributed by atoms with E-state index in [9.17, 15) is 4.79 Å². The van der Waals surface area contributed by atoms with Crippen LogP contribution in [0.25, 0.3) is 0 Å². The maximum Gasteiger partial charge on any atom is 0.338 e. The molecule has 0 radical (unpaired) electrons. The lowest BCUT2D eigenvalue weighted by Gasteiger charge is -2.20. The third-order valence-corrected chi connectivity index (χ3v) is 5.42. The van der Waals surface area contributed by atoms with Crippen LogP contribution in [-0.4, -0.2) is 17.3 Å². The minimum absolute atomic E-state index is 0.298. The van der Waals surface area contributed by atoms with Crippen LogP contribution in [0, 0.1) is 6.92 Å². The van der Waals surface area contributed by atoms with Crippen LogP contribution in [-0.2, 0) is 9.57 Å². The molecule has 2 aromatic rings. The molecule has 1 unspecified atom stereocenters. The first-order valence-electron chi connectivity index (χ1n) is 8.76. The second-order valence-corrected chi connectivity index (χ2v) is 8.86. The summed E-state index contributed by atoms with van der Waals surface area (Å²) in [6.07, 6.45) is 0.257. The zero-order valence-electron chi connectivity index (χ0n) is 16.0. The predicted molar refractivity (Wildman–Crippen MR) is 113 cm³/mol. The molecule has 0 fully saturated rings. The van der Waals surface area contributed by atoms with Gasteiger partial charge in [0, 0.05) is 6.42 Å². The molecule has 0 aliphatic carbocycles. The molecule has 0 amide bonds. The molecule has 0 aromatic heterocycles. The standard InChI is InChI=1S/C21H20Cl3NO3/c1-11-7-12(5-6-14(11)20(26)27-21(2,3)4)17-10-18(28-25-17)13-8-15(22)19(24)16(23)9-13/h5-9,18H,10H2,1-4H3. The lowest BCUT2D eigenvalue weighted by molar-refractivity contribution is 0.00687. The van der Waals surface area contributed by atoms with E-state index >= 15 is 0 Å². The summed E-state index contributed by atoms with van der Waals surface area (Å²) in [5.41, 5.74) is 3.28. The quantitative estimate of drug-likeness (QED) is 0.390. The van der Waals surface area contributed by atoms with Crippen LogP contribution in [0.4, 0.5) is 0 Å². The molecule has 0 saturated heterocycles.